The molecule has 1 aromatic rings. The van der Waals surface area contributed by atoms with Gasteiger partial charge < -0.3 is 15.4 Å². The Morgan fingerprint density at radius 1 is 1.60 bits per heavy atom. The molecule has 1 amide bonds. The maximum Gasteiger partial charge on any atom is 0.272 e. The smallest absolute Gasteiger partial charge is 0.272 e. The zero-order chi connectivity index (χ0) is 14.7. The summed E-state index contributed by atoms with van der Waals surface area (Å²) in [5, 5.41) is 4.40. The molecule has 2 rings (SSSR count). The molecule has 1 fully saturated rings. The molecular formula is C13H20N4O2S. The topological polar surface area (TPSA) is 73.4 Å². The summed E-state index contributed by atoms with van der Waals surface area (Å²) in [4.78, 5) is 14.6. The van der Waals surface area contributed by atoms with E-state index in [1.165, 1.54) is 0 Å². The normalized spacial score (nSPS) is 19.1. The zero-order valence-corrected chi connectivity index (χ0v) is 12.7. The molecule has 20 heavy (non-hydrogen) atoms. The average molecular weight is 296 g/mol. The fraction of sp³-hybridized carbons (Fsp3) is 0.615. The fourth-order valence-electron chi connectivity index (χ4n) is 2.22. The molecule has 0 aliphatic carbocycles. The third-order valence-corrected chi connectivity index (χ3v) is 3.65. The maximum absolute atomic E-state index is 12.6. The van der Waals surface area contributed by atoms with Crippen LogP contribution in [0.3, 0.4) is 0 Å². The van der Waals surface area contributed by atoms with E-state index in [1.807, 2.05) is 19.9 Å². The molecule has 0 saturated carbocycles. The van der Waals surface area contributed by atoms with Crippen LogP contribution < -0.4 is 5.73 Å². The largest absolute Gasteiger partial charge is 0.391 e. The second kappa shape index (κ2) is 6.32. The minimum Gasteiger partial charge on any atom is -0.391 e. The quantitative estimate of drug-likeness (QED) is 0.823. The van der Waals surface area contributed by atoms with Crippen LogP contribution in [0, 0.1) is 0 Å². The third kappa shape index (κ3) is 2.99. The lowest BCUT2D eigenvalue weighted by Crippen LogP contribution is -2.50. The molecule has 1 aliphatic rings. The molecule has 1 aromatic heterocycles. The van der Waals surface area contributed by atoms with Crippen LogP contribution >= 0.6 is 12.2 Å². The Kier molecular flexibility index (Phi) is 4.72. The van der Waals surface area contributed by atoms with Gasteiger partial charge in [0.1, 0.15) is 16.8 Å². The number of aromatic nitrogens is 2. The maximum atomic E-state index is 12.6. The molecule has 1 aliphatic heterocycles. The lowest BCUT2D eigenvalue weighted by Gasteiger charge is -2.32. The monoisotopic (exact) mass is 296 g/mol. The number of morpholine rings is 1. The molecule has 0 bridgehead atoms. The van der Waals surface area contributed by atoms with Crippen molar-refractivity contribution in [2.45, 2.75) is 32.9 Å². The van der Waals surface area contributed by atoms with Crippen LogP contribution in [0.5, 0.6) is 0 Å². The van der Waals surface area contributed by atoms with Crippen LogP contribution in [-0.4, -0.2) is 51.4 Å². The number of nitrogens with two attached hydrogens (primary N) is 1. The van der Waals surface area contributed by atoms with Gasteiger partial charge in [-0.15, -0.1) is 0 Å². The van der Waals surface area contributed by atoms with Gasteiger partial charge in [0, 0.05) is 13.1 Å². The van der Waals surface area contributed by atoms with Crippen LogP contribution in [0.4, 0.5) is 0 Å². The molecule has 2 heterocycles. The lowest BCUT2D eigenvalue weighted by molar-refractivity contribution is 0.00820. The van der Waals surface area contributed by atoms with Crippen LogP contribution in [-0.2, 0) is 17.7 Å². The predicted octanol–water partition coefficient (Wildman–Crippen LogP) is 0.592. The van der Waals surface area contributed by atoms with Crippen molar-refractivity contribution < 1.29 is 9.53 Å². The van der Waals surface area contributed by atoms with Crippen LogP contribution in [0.15, 0.2) is 6.07 Å². The van der Waals surface area contributed by atoms with Crippen molar-refractivity contribution in [1.82, 2.24) is 14.7 Å². The first-order valence-corrected chi connectivity index (χ1v) is 7.24. The summed E-state index contributed by atoms with van der Waals surface area (Å²) in [5.74, 6) is -0.0383. The van der Waals surface area contributed by atoms with E-state index in [2.05, 4.69) is 5.10 Å². The number of rotatable bonds is 4. The van der Waals surface area contributed by atoms with Crippen LogP contribution in [0.1, 0.15) is 30.0 Å². The van der Waals surface area contributed by atoms with E-state index in [0.29, 0.717) is 36.9 Å². The Balaban J connectivity index is 2.18. The Morgan fingerprint density at radius 2 is 2.35 bits per heavy atom. The van der Waals surface area contributed by atoms with E-state index < -0.39 is 0 Å². The molecule has 0 spiro atoms. The van der Waals surface area contributed by atoms with E-state index in [9.17, 15) is 4.79 Å². The van der Waals surface area contributed by atoms with Crippen molar-refractivity contribution in [2.24, 2.45) is 5.73 Å². The van der Waals surface area contributed by atoms with Gasteiger partial charge in [-0.25, -0.2) is 0 Å². The zero-order valence-electron chi connectivity index (χ0n) is 11.8. The van der Waals surface area contributed by atoms with Crippen molar-refractivity contribution in [2.75, 3.05) is 19.7 Å². The van der Waals surface area contributed by atoms with Crippen molar-refractivity contribution in [1.29, 1.82) is 0 Å². The summed E-state index contributed by atoms with van der Waals surface area (Å²) < 4.78 is 7.20. The number of thiocarbonyl (C=S) groups is 1. The molecule has 1 unspecified atom stereocenters. The number of hydrogen-bond acceptors (Lipinski definition) is 4. The first kappa shape index (κ1) is 14.9. The van der Waals surface area contributed by atoms with Crippen molar-refractivity contribution in [3.05, 3.63) is 17.5 Å². The summed E-state index contributed by atoms with van der Waals surface area (Å²) in [6.45, 7) is 6.08. The minimum absolute atomic E-state index is 0.0383. The van der Waals surface area contributed by atoms with Crippen molar-refractivity contribution >= 4 is 23.1 Å². The number of carbonyl (C=O) groups excluding carboxylic acids is 1. The summed E-state index contributed by atoms with van der Waals surface area (Å²) in [6, 6.07) is 1.86. The number of ether oxygens (including phenoxy) is 1. The van der Waals surface area contributed by atoms with Gasteiger partial charge in [-0.05, 0) is 19.4 Å². The van der Waals surface area contributed by atoms with Gasteiger partial charge in [-0.3, -0.25) is 9.48 Å². The van der Waals surface area contributed by atoms with Gasteiger partial charge in [-0.2, -0.15) is 5.10 Å². The van der Waals surface area contributed by atoms with Gasteiger partial charge in [0.15, 0.2) is 0 Å². The molecule has 6 nitrogen and oxygen atoms in total. The number of hydrogen-bond donors (Lipinski definition) is 1. The summed E-state index contributed by atoms with van der Waals surface area (Å²) >= 11 is 4.94. The van der Waals surface area contributed by atoms with E-state index in [-0.39, 0.29) is 12.0 Å². The first-order valence-electron chi connectivity index (χ1n) is 6.83. The van der Waals surface area contributed by atoms with Crippen LogP contribution in [0.2, 0.25) is 0 Å². The standard InChI is InChI=1S/C13H20N4O2S/c1-3-9-7-10(17(4-2)15-9)13(18)16-5-6-19-11(8-16)12(14)20/h7,11H,3-6,8H2,1-2H3,(H2,14,20). The highest BCUT2D eigenvalue weighted by molar-refractivity contribution is 7.80. The molecule has 0 radical (unpaired) electrons. The molecule has 7 heteroatoms. The molecule has 110 valence electrons. The summed E-state index contributed by atoms with van der Waals surface area (Å²) in [6.07, 6.45) is 0.456. The molecule has 2 N–H and O–H groups in total. The Hall–Kier alpha value is -1.47. The second-order valence-corrected chi connectivity index (χ2v) is 5.17. The third-order valence-electron chi connectivity index (χ3n) is 3.38. The highest BCUT2D eigenvalue weighted by Crippen LogP contribution is 2.13. The Morgan fingerprint density at radius 3 is 2.95 bits per heavy atom. The van der Waals surface area contributed by atoms with E-state index in [1.54, 1.807) is 9.58 Å². The molecule has 0 aromatic carbocycles. The van der Waals surface area contributed by atoms with E-state index in [0.717, 1.165) is 12.1 Å². The molecular weight excluding hydrogens is 276 g/mol. The van der Waals surface area contributed by atoms with Gasteiger partial charge in [0.2, 0.25) is 0 Å². The molecule has 1 atom stereocenters. The number of carbonyl (C=O) groups is 1. The number of nitrogens with zero attached hydrogens (tertiary/aromatic N) is 3. The fourth-order valence-corrected chi connectivity index (χ4v) is 2.37. The highest BCUT2D eigenvalue weighted by atomic mass is 32.1. The van der Waals surface area contributed by atoms with Crippen molar-refractivity contribution in [3.63, 3.8) is 0 Å². The second-order valence-electron chi connectivity index (χ2n) is 4.70. The Bertz CT molecular complexity index is 514. The van der Waals surface area contributed by atoms with Gasteiger partial charge in [0.25, 0.3) is 5.91 Å². The summed E-state index contributed by atoms with van der Waals surface area (Å²) in [7, 11) is 0. The van der Waals surface area contributed by atoms with E-state index >= 15 is 0 Å². The molecule has 1 saturated heterocycles. The minimum atomic E-state index is -0.355. The summed E-state index contributed by atoms with van der Waals surface area (Å²) in [5.41, 5.74) is 7.14. The average Bonchev–Trinajstić information content (AvgIpc) is 2.90. The van der Waals surface area contributed by atoms with Gasteiger partial charge >= 0.3 is 0 Å². The Labute approximate surface area is 123 Å². The first-order chi connectivity index (χ1) is 9.56. The van der Waals surface area contributed by atoms with Crippen LogP contribution in [0.25, 0.3) is 0 Å². The number of aryl methyl sites for hydroxylation is 2. The van der Waals surface area contributed by atoms with Gasteiger partial charge in [-0.1, -0.05) is 19.1 Å². The van der Waals surface area contributed by atoms with Crippen molar-refractivity contribution in [3.8, 4) is 0 Å². The predicted molar refractivity (Wildman–Crippen MR) is 79.7 cm³/mol. The van der Waals surface area contributed by atoms with Gasteiger partial charge in [0.05, 0.1) is 18.8 Å². The SMILES string of the molecule is CCc1cc(C(=O)N2CCOC(C(N)=S)C2)n(CC)n1. The highest BCUT2D eigenvalue weighted by Gasteiger charge is 2.28. The van der Waals surface area contributed by atoms with E-state index in [4.69, 9.17) is 22.7 Å². The number of amides is 1. The lowest BCUT2D eigenvalue weighted by atomic mass is 10.2.